The van der Waals surface area contributed by atoms with Crippen molar-refractivity contribution in [3.63, 3.8) is 0 Å². The zero-order chi connectivity index (χ0) is 18.5. The van der Waals surface area contributed by atoms with E-state index in [9.17, 15) is 9.59 Å². The molecule has 0 saturated carbocycles. The molecule has 1 amide bonds. The Morgan fingerprint density at radius 1 is 1.27 bits per heavy atom. The number of aliphatic hydroxyl groups excluding tert-OH is 1. The number of hydrogen-bond donors (Lipinski definition) is 1. The fourth-order valence-electron chi connectivity index (χ4n) is 2.79. The highest BCUT2D eigenvalue weighted by molar-refractivity contribution is 8.18. The third kappa shape index (κ3) is 4.72. The summed E-state index contributed by atoms with van der Waals surface area (Å²) < 4.78 is 5.00. The van der Waals surface area contributed by atoms with Crippen LogP contribution in [0.4, 0.5) is 0 Å². The fraction of sp³-hybridized carbons (Fsp3) is 0.389. The van der Waals surface area contributed by atoms with Crippen molar-refractivity contribution in [1.82, 2.24) is 9.80 Å². The topological polar surface area (TPSA) is 82.4 Å². The number of aliphatic hydroxyl groups is 1. The summed E-state index contributed by atoms with van der Waals surface area (Å²) in [4.78, 5) is 32.2. The zero-order valence-electron chi connectivity index (χ0n) is 14.6. The first kappa shape index (κ1) is 18.6. The number of aliphatic imine (C=N–C) groups is 1. The number of amides is 1. The van der Waals surface area contributed by atoms with Crippen molar-refractivity contribution in [1.29, 1.82) is 0 Å². The number of carbonyl (C=O) groups excluding carboxylic acids is 2. The fourth-order valence-corrected chi connectivity index (χ4v) is 3.75. The van der Waals surface area contributed by atoms with Crippen molar-refractivity contribution in [2.45, 2.75) is 6.92 Å². The van der Waals surface area contributed by atoms with Crippen LogP contribution >= 0.6 is 11.8 Å². The number of esters is 1. The van der Waals surface area contributed by atoms with E-state index in [1.807, 2.05) is 0 Å². The number of carbonyl (C=O) groups is 2. The summed E-state index contributed by atoms with van der Waals surface area (Å²) in [5, 5.41) is 9.74. The van der Waals surface area contributed by atoms with E-state index in [1.165, 1.54) is 18.7 Å². The number of hydrogen-bond acceptors (Lipinski definition) is 7. The number of thioether (sulfide) groups is 1. The van der Waals surface area contributed by atoms with Gasteiger partial charge in [-0.15, -0.1) is 0 Å². The van der Waals surface area contributed by atoms with E-state index in [0.717, 1.165) is 36.9 Å². The summed E-state index contributed by atoms with van der Waals surface area (Å²) in [7, 11) is 0. The second-order valence-electron chi connectivity index (χ2n) is 6.03. The summed E-state index contributed by atoms with van der Waals surface area (Å²) in [6.45, 7) is 5.49. The Bertz CT molecular complexity index is 737. The number of rotatable bonds is 4. The van der Waals surface area contributed by atoms with Gasteiger partial charge in [0.2, 0.25) is 0 Å². The smallest absolute Gasteiger partial charge is 0.308 e. The van der Waals surface area contributed by atoms with Crippen molar-refractivity contribution >= 4 is 34.9 Å². The van der Waals surface area contributed by atoms with Gasteiger partial charge in [-0.3, -0.25) is 14.5 Å². The summed E-state index contributed by atoms with van der Waals surface area (Å²) in [5.41, 5.74) is 0.848. The molecule has 0 aromatic heterocycles. The van der Waals surface area contributed by atoms with Crippen LogP contribution in [0.25, 0.3) is 6.08 Å². The monoisotopic (exact) mass is 375 g/mol. The lowest BCUT2D eigenvalue weighted by Gasteiger charge is -2.34. The molecular formula is C18H21N3O4S. The molecule has 0 aliphatic carbocycles. The first-order valence-corrected chi connectivity index (χ1v) is 9.26. The van der Waals surface area contributed by atoms with Gasteiger partial charge in [0.05, 0.1) is 11.5 Å². The van der Waals surface area contributed by atoms with E-state index in [4.69, 9.17) is 9.84 Å². The highest BCUT2D eigenvalue weighted by Crippen LogP contribution is 2.31. The Hall–Kier alpha value is -2.16. The molecule has 1 saturated heterocycles. The van der Waals surface area contributed by atoms with E-state index in [2.05, 4.69) is 14.8 Å². The average Bonchev–Trinajstić information content (AvgIpc) is 2.98. The van der Waals surface area contributed by atoms with E-state index < -0.39 is 0 Å². The van der Waals surface area contributed by atoms with Crippen LogP contribution < -0.4 is 4.74 Å². The molecule has 1 aromatic rings. The van der Waals surface area contributed by atoms with Crippen LogP contribution in [0, 0.1) is 0 Å². The van der Waals surface area contributed by atoms with Crippen LogP contribution in [0.1, 0.15) is 12.5 Å². The SMILES string of the molecule is CC(=O)Oc1ccc(/C=C2/SC(N3CCN(CCO)CC3)=NC2=O)cc1. The van der Waals surface area contributed by atoms with Crippen molar-refractivity contribution in [3.8, 4) is 5.75 Å². The van der Waals surface area contributed by atoms with Crippen LogP contribution in [0.5, 0.6) is 5.75 Å². The van der Waals surface area contributed by atoms with Crippen LogP contribution in [0.3, 0.4) is 0 Å². The van der Waals surface area contributed by atoms with E-state index in [1.54, 1.807) is 30.3 Å². The molecule has 0 bridgehead atoms. The molecule has 2 heterocycles. The zero-order valence-corrected chi connectivity index (χ0v) is 15.4. The molecule has 0 spiro atoms. The number of benzene rings is 1. The molecule has 2 aliphatic heterocycles. The Morgan fingerprint density at radius 2 is 1.96 bits per heavy atom. The van der Waals surface area contributed by atoms with Crippen molar-refractivity contribution < 1.29 is 19.4 Å². The van der Waals surface area contributed by atoms with Gasteiger partial charge in [-0.1, -0.05) is 12.1 Å². The first-order valence-electron chi connectivity index (χ1n) is 8.44. The van der Waals surface area contributed by atoms with Gasteiger partial charge < -0.3 is 14.7 Å². The molecule has 1 N–H and O–H groups in total. The number of β-amino-alcohol motifs (C(OH)–C–C–N with tert-alkyl or cyclic N) is 1. The van der Waals surface area contributed by atoms with E-state index in [-0.39, 0.29) is 18.5 Å². The minimum absolute atomic E-state index is 0.164. The molecule has 3 rings (SSSR count). The minimum Gasteiger partial charge on any atom is -0.427 e. The highest BCUT2D eigenvalue weighted by Gasteiger charge is 2.28. The molecule has 138 valence electrons. The summed E-state index contributed by atoms with van der Waals surface area (Å²) in [6, 6.07) is 6.98. The second kappa shape index (κ2) is 8.48. The largest absolute Gasteiger partial charge is 0.427 e. The quantitative estimate of drug-likeness (QED) is 0.481. The molecule has 0 radical (unpaired) electrons. The number of amidine groups is 1. The maximum Gasteiger partial charge on any atom is 0.308 e. The second-order valence-corrected chi connectivity index (χ2v) is 7.03. The van der Waals surface area contributed by atoms with Gasteiger partial charge in [0.25, 0.3) is 5.91 Å². The Morgan fingerprint density at radius 3 is 2.58 bits per heavy atom. The van der Waals surface area contributed by atoms with Gasteiger partial charge in [-0.25, -0.2) is 0 Å². The Labute approximate surface area is 156 Å². The van der Waals surface area contributed by atoms with Crippen molar-refractivity contribution in [2.24, 2.45) is 4.99 Å². The maximum atomic E-state index is 12.2. The Balaban J connectivity index is 1.61. The predicted molar refractivity (Wildman–Crippen MR) is 101 cm³/mol. The first-order chi connectivity index (χ1) is 12.5. The molecule has 0 atom stereocenters. The Kier molecular flexibility index (Phi) is 6.08. The van der Waals surface area contributed by atoms with Gasteiger partial charge in [0, 0.05) is 39.6 Å². The molecule has 7 nitrogen and oxygen atoms in total. The van der Waals surface area contributed by atoms with E-state index in [0.29, 0.717) is 17.2 Å². The normalized spacial score (nSPS) is 19.8. The van der Waals surface area contributed by atoms with Gasteiger partial charge in [0.15, 0.2) is 5.17 Å². The van der Waals surface area contributed by atoms with Crippen molar-refractivity contribution in [2.75, 3.05) is 39.3 Å². The van der Waals surface area contributed by atoms with Crippen LogP contribution in [0.15, 0.2) is 34.2 Å². The number of ether oxygens (including phenoxy) is 1. The molecule has 1 aromatic carbocycles. The minimum atomic E-state index is -0.366. The molecule has 1 fully saturated rings. The molecule has 8 heteroatoms. The summed E-state index contributed by atoms with van der Waals surface area (Å²) >= 11 is 1.38. The van der Waals surface area contributed by atoms with Crippen LogP contribution in [0.2, 0.25) is 0 Å². The van der Waals surface area contributed by atoms with Crippen LogP contribution in [-0.2, 0) is 9.59 Å². The lowest BCUT2D eigenvalue weighted by atomic mass is 10.2. The van der Waals surface area contributed by atoms with Gasteiger partial charge >= 0.3 is 5.97 Å². The number of piperazine rings is 1. The maximum absolute atomic E-state index is 12.2. The van der Waals surface area contributed by atoms with Gasteiger partial charge in [-0.2, -0.15) is 4.99 Å². The lowest BCUT2D eigenvalue weighted by Crippen LogP contribution is -2.48. The predicted octanol–water partition coefficient (Wildman–Crippen LogP) is 1.19. The van der Waals surface area contributed by atoms with E-state index >= 15 is 0 Å². The third-order valence-corrected chi connectivity index (χ3v) is 5.15. The number of nitrogens with zero attached hydrogens (tertiary/aromatic N) is 3. The van der Waals surface area contributed by atoms with Gasteiger partial charge in [0.1, 0.15) is 5.75 Å². The molecule has 0 unspecified atom stereocenters. The third-order valence-electron chi connectivity index (χ3n) is 4.11. The average molecular weight is 375 g/mol. The molecule has 2 aliphatic rings. The summed E-state index contributed by atoms with van der Waals surface area (Å²) in [5.74, 6) is -0.121. The van der Waals surface area contributed by atoms with Crippen LogP contribution in [-0.4, -0.2) is 71.3 Å². The van der Waals surface area contributed by atoms with Crippen molar-refractivity contribution in [3.05, 3.63) is 34.7 Å². The lowest BCUT2D eigenvalue weighted by molar-refractivity contribution is -0.131. The molecule has 26 heavy (non-hydrogen) atoms. The summed E-state index contributed by atoms with van der Waals surface area (Å²) in [6.07, 6.45) is 1.79. The molecular weight excluding hydrogens is 354 g/mol. The standard InChI is InChI=1S/C18H21N3O4S/c1-13(23)25-15-4-2-14(3-5-15)12-16-17(24)19-18(26-16)21-8-6-20(7-9-21)10-11-22/h2-5,12,22H,6-11H2,1H3/b16-12+. The highest BCUT2D eigenvalue weighted by atomic mass is 32.2. The van der Waals surface area contributed by atoms with Gasteiger partial charge in [-0.05, 0) is 35.5 Å².